The van der Waals surface area contributed by atoms with E-state index < -0.39 is 17.9 Å². The Hall–Kier alpha value is -5.86. The number of fused-ring (bicyclic) bond motifs is 1. The van der Waals surface area contributed by atoms with E-state index in [1.54, 1.807) is 36.5 Å². The number of aromatic amines is 1. The summed E-state index contributed by atoms with van der Waals surface area (Å²) in [5, 5.41) is 26.6. The number of hydrogen-bond donors (Lipinski definition) is 5. The highest BCUT2D eigenvalue weighted by Crippen LogP contribution is 2.30. The van der Waals surface area contributed by atoms with Crippen molar-refractivity contribution >= 4 is 40.6 Å². The second-order valence-corrected chi connectivity index (χ2v) is 12.5. The van der Waals surface area contributed by atoms with E-state index >= 15 is 0 Å². The van der Waals surface area contributed by atoms with Crippen LogP contribution < -0.4 is 16.8 Å². The van der Waals surface area contributed by atoms with Crippen molar-refractivity contribution in [2.24, 2.45) is 0 Å². The van der Waals surface area contributed by atoms with Crippen LogP contribution in [0.15, 0.2) is 48.7 Å². The Bertz CT molecular complexity index is 1940. The van der Waals surface area contributed by atoms with Crippen LogP contribution in [-0.2, 0) is 23.1 Å². The van der Waals surface area contributed by atoms with Crippen LogP contribution in [0.25, 0.3) is 22.6 Å². The van der Waals surface area contributed by atoms with Crippen LogP contribution in [0, 0.1) is 0 Å². The molecule has 5 rings (SSSR count). The molecule has 0 fully saturated rings. The van der Waals surface area contributed by atoms with Gasteiger partial charge < -0.3 is 21.9 Å². The number of carbonyl (C=O) groups excluding carboxylic acids is 2. The Balaban J connectivity index is 1.13. The number of aromatic nitrogens is 8. The monoisotopic (exact) mass is 651 g/mol. The summed E-state index contributed by atoms with van der Waals surface area (Å²) < 4.78 is 0. The van der Waals surface area contributed by atoms with Crippen LogP contribution in [0.3, 0.4) is 0 Å². The number of aryl methyl sites for hydroxylation is 2. The molecule has 0 spiro atoms. The van der Waals surface area contributed by atoms with E-state index in [1.165, 1.54) is 0 Å². The van der Waals surface area contributed by atoms with Gasteiger partial charge in [0.25, 0.3) is 5.91 Å². The molecule has 1 atom stereocenters. The average Bonchev–Trinajstić information content (AvgIpc) is 3.60. The number of rotatable bonds is 13. The first-order valence-electron chi connectivity index (χ1n) is 15.5. The fraction of sp³-hybridized carbons (Fsp3) is 0.333. The van der Waals surface area contributed by atoms with Gasteiger partial charge in [-0.2, -0.15) is 15.2 Å². The van der Waals surface area contributed by atoms with Crippen molar-refractivity contribution in [1.29, 1.82) is 0 Å². The number of carboxylic acids is 1. The molecule has 0 saturated heterocycles. The number of Topliss-reactive ketones (excluding diaryl/α,β-unsaturated/α-hetero) is 1. The first-order chi connectivity index (χ1) is 22.9. The molecule has 0 aliphatic heterocycles. The van der Waals surface area contributed by atoms with Crippen LogP contribution >= 0.6 is 0 Å². The van der Waals surface area contributed by atoms with Gasteiger partial charge in [0.2, 0.25) is 11.8 Å². The third-order valence-corrected chi connectivity index (χ3v) is 7.91. The average molecular weight is 652 g/mol. The third kappa shape index (κ3) is 8.10. The summed E-state index contributed by atoms with van der Waals surface area (Å²) in [5.41, 5.74) is 16.2. The van der Waals surface area contributed by atoms with Gasteiger partial charge in [-0.15, -0.1) is 10.2 Å². The smallest absolute Gasteiger partial charge is 0.326 e. The summed E-state index contributed by atoms with van der Waals surface area (Å²) in [6, 6.07) is 11.4. The summed E-state index contributed by atoms with van der Waals surface area (Å²) in [7, 11) is 0. The highest BCUT2D eigenvalue weighted by Gasteiger charge is 2.23. The molecular formula is C33H37N11O4. The molecule has 5 aromatic rings. The van der Waals surface area contributed by atoms with Gasteiger partial charge in [-0.05, 0) is 65.6 Å². The van der Waals surface area contributed by atoms with E-state index in [9.17, 15) is 19.5 Å². The second-order valence-electron chi connectivity index (χ2n) is 12.5. The van der Waals surface area contributed by atoms with Gasteiger partial charge in [-0.25, -0.2) is 14.8 Å². The minimum atomic E-state index is -1.14. The number of unbranched alkanes of at least 4 members (excludes halogenated alkanes) is 1. The zero-order chi connectivity index (χ0) is 34.4. The SMILES string of the molecule is CC(C)(C)c1ccc(C(=O)CCCC[C@H](NC(=O)c2ccc(CCc3cnc4nc(N)nc(N)c4n3)cc2)C(=O)O)c(-c2nn[nH]n2)c1. The first-order valence-corrected chi connectivity index (χ1v) is 15.5. The van der Waals surface area contributed by atoms with E-state index in [0.717, 1.165) is 11.1 Å². The van der Waals surface area contributed by atoms with Crippen LogP contribution in [0.4, 0.5) is 11.8 Å². The van der Waals surface area contributed by atoms with E-state index in [2.05, 4.69) is 66.6 Å². The van der Waals surface area contributed by atoms with E-state index in [4.69, 9.17) is 11.5 Å². The molecule has 0 unspecified atom stereocenters. The summed E-state index contributed by atoms with van der Waals surface area (Å²) in [4.78, 5) is 54.8. The normalized spacial score (nSPS) is 12.1. The van der Waals surface area contributed by atoms with Crippen molar-refractivity contribution < 1.29 is 19.5 Å². The van der Waals surface area contributed by atoms with E-state index in [-0.39, 0.29) is 35.8 Å². The van der Waals surface area contributed by atoms with Crippen molar-refractivity contribution in [3.63, 3.8) is 0 Å². The Kier molecular flexibility index (Phi) is 9.96. The number of carbonyl (C=O) groups is 3. The number of nitrogens with two attached hydrogens (primary N) is 2. The number of aliphatic carboxylic acids is 1. The zero-order valence-electron chi connectivity index (χ0n) is 26.9. The number of anilines is 2. The number of nitrogens with zero attached hydrogens (tertiary/aromatic N) is 7. The number of benzene rings is 2. The minimum Gasteiger partial charge on any atom is -0.480 e. The number of ketones is 1. The lowest BCUT2D eigenvalue weighted by atomic mass is 9.84. The maximum atomic E-state index is 13.2. The fourth-order valence-electron chi connectivity index (χ4n) is 5.18. The molecule has 0 saturated carbocycles. The van der Waals surface area contributed by atoms with Gasteiger partial charge in [0, 0.05) is 23.1 Å². The molecule has 3 heterocycles. The molecule has 248 valence electrons. The van der Waals surface area contributed by atoms with E-state index in [1.807, 2.05) is 12.1 Å². The number of amides is 1. The Labute approximate surface area is 276 Å². The standard InChI is InChI=1S/C33H37N11O4/c1-33(2,3)20-13-15-22(23(16-20)28-41-43-44-42-28)25(45)7-5-4-6-24(31(47)48)38-30(46)19-11-8-18(9-12-19)10-14-21-17-36-29-26(37-21)27(34)39-32(35)40-29/h8-9,11-13,15-17,24H,4-7,10,14H2,1-3H3,(H,38,46)(H,47,48)(H,41,42,43,44)(H4,34,35,36,39,40)/t24-/m0/s1. The van der Waals surface area contributed by atoms with Crippen molar-refractivity contribution in [2.45, 2.75) is 70.8 Å². The van der Waals surface area contributed by atoms with E-state index in [0.29, 0.717) is 65.1 Å². The lowest BCUT2D eigenvalue weighted by Gasteiger charge is -2.20. The number of H-pyrrole nitrogens is 1. The number of nitrogen functional groups attached to an aromatic ring is 2. The molecule has 0 bridgehead atoms. The van der Waals surface area contributed by atoms with Gasteiger partial charge >= 0.3 is 5.97 Å². The van der Waals surface area contributed by atoms with Crippen LogP contribution in [-0.4, -0.2) is 69.4 Å². The maximum absolute atomic E-state index is 13.2. The Morgan fingerprint density at radius 2 is 1.75 bits per heavy atom. The third-order valence-electron chi connectivity index (χ3n) is 7.91. The van der Waals surface area contributed by atoms with Gasteiger partial charge in [0.05, 0.1) is 11.9 Å². The number of hydrogen-bond acceptors (Lipinski definition) is 12. The highest BCUT2D eigenvalue weighted by atomic mass is 16.4. The lowest BCUT2D eigenvalue weighted by Crippen LogP contribution is -2.40. The van der Waals surface area contributed by atoms with Crippen molar-refractivity contribution in [1.82, 2.24) is 45.9 Å². The molecule has 15 heteroatoms. The predicted octanol–water partition coefficient (Wildman–Crippen LogP) is 3.47. The zero-order valence-corrected chi connectivity index (χ0v) is 26.9. The molecule has 0 aliphatic rings. The van der Waals surface area contributed by atoms with Crippen LogP contribution in [0.5, 0.6) is 0 Å². The van der Waals surface area contributed by atoms with Gasteiger partial charge in [0.1, 0.15) is 6.04 Å². The summed E-state index contributed by atoms with van der Waals surface area (Å²) in [6.45, 7) is 6.23. The lowest BCUT2D eigenvalue weighted by molar-refractivity contribution is -0.139. The number of tetrazole rings is 1. The molecular weight excluding hydrogens is 614 g/mol. The summed E-state index contributed by atoms with van der Waals surface area (Å²) in [5.74, 6) is -1.23. The van der Waals surface area contributed by atoms with Crippen LogP contribution in [0.2, 0.25) is 0 Å². The van der Waals surface area contributed by atoms with Crippen molar-refractivity contribution in [3.05, 3.63) is 76.6 Å². The van der Waals surface area contributed by atoms with Gasteiger partial charge in [-0.1, -0.05) is 51.5 Å². The van der Waals surface area contributed by atoms with Crippen LogP contribution in [0.1, 0.15) is 84.0 Å². The number of carboxylic acid groups (broad SMARTS) is 1. The van der Waals surface area contributed by atoms with Crippen molar-refractivity contribution in [3.8, 4) is 11.4 Å². The molecule has 15 nitrogen and oxygen atoms in total. The largest absolute Gasteiger partial charge is 0.480 e. The molecule has 0 aliphatic carbocycles. The molecule has 1 amide bonds. The summed E-state index contributed by atoms with van der Waals surface area (Å²) >= 11 is 0. The number of nitrogens with one attached hydrogen (secondary N) is 2. The summed E-state index contributed by atoms with van der Waals surface area (Å²) in [6.07, 6.45) is 4.01. The molecule has 3 aromatic heterocycles. The quantitative estimate of drug-likeness (QED) is 0.0906. The van der Waals surface area contributed by atoms with Gasteiger partial charge in [-0.3, -0.25) is 9.59 Å². The predicted molar refractivity (Wildman–Crippen MR) is 178 cm³/mol. The molecule has 2 aromatic carbocycles. The fourth-order valence-corrected chi connectivity index (χ4v) is 5.18. The Morgan fingerprint density at radius 1 is 0.979 bits per heavy atom. The molecule has 48 heavy (non-hydrogen) atoms. The first kappa shape index (κ1) is 33.5. The molecule has 0 radical (unpaired) electrons. The highest BCUT2D eigenvalue weighted by molar-refractivity contribution is 6.01. The van der Waals surface area contributed by atoms with Gasteiger partial charge in [0.15, 0.2) is 22.8 Å². The topological polar surface area (TPSA) is 242 Å². The van der Waals surface area contributed by atoms with Crippen molar-refractivity contribution in [2.75, 3.05) is 11.5 Å². The molecule has 7 N–H and O–H groups in total. The second kappa shape index (κ2) is 14.3. The minimum absolute atomic E-state index is 0.0305. The maximum Gasteiger partial charge on any atom is 0.326 e. The Morgan fingerprint density at radius 3 is 2.44 bits per heavy atom.